The Morgan fingerprint density at radius 3 is 2.90 bits per heavy atom. The Labute approximate surface area is 131 Å². The molecule has 0 aliphatic carbocycles. The fraction of sp³-hybridized carbons (Fsp3) is 0.529. The average Bonchev–Trinajstić information content (AvgIpc) is 2.54. The van der Waals surface area contributed by atoms with Crippen LogP contribution in [0.1, 0.15) is 18.9 Å². The third-order valence-corrected chi connectivity index (χ3v) is 4.89. The molecule has 114 valence electrons. The van der Waals surface area contributed by atoms with Gasteiger partial charge in [-0.15, -0.1) is 0 Å². The molecule has 0 radical (unpaired) electrons. The van der Waals surface area contributed by atoms with Gasteiger partial charge in [0.25, 0.3) is 0 Å². The van der Waals surface area contributed by atoms with Crippen LogP contribution in [0.5, 0.6) is 5.75 Å². The number of hydrogen-bond donors (Lipinski definition) is 1. The highest BCUT2D eigenvalue weighted by Gasteiger charge is 2.18. The van der Waals surface area contributed by atoms with Gasteiger partial charge in [-0.1, -0.05) is 18.8 Å². The van der Waals surface area contributed by atoms with Crippen LogP contribution in [-0.2, 0) is 0 Å². The van der Waals surface area contributed by atoms with Crippen molar-refractivity contribution >= 4 is 11.8 Å². The Bertz CT molecular complexity index is 478. The van der Waals surface area contributed by atoms with E-state index < -0.39 is 0 Å². The number of aliphatic hydroxyl groups excluding tert-OH is 1. The van der Waals surface area contributed by atoms with Gasteiger partial charge in [0.2, 0.25) is 0 Å². The van der Waals surface area contributed by atoms with Crippen molar-refractivity contribution in [2.45, 2.75) is 18.6 Å². The summed E-state index contributed by atoms with van der Waals surface area (Å²) < 4.78 is 5.79. The number of thioether (sulfide) groups is 1. The lowest BCUT2D eigenvalue weighted by Gasteiger charge is -2.31. The molecule has 1 aliphatic rings. The Morgan fingerprint density at radius 1 is 1.38 bits per heavy atom. The zero-order valence-corrected chi connectivity index (χ0v) is 13.4. The molecule has 1 atom stereocenters. The first kappa shape index (κ1) is 16.2. The van der Waals surface area contributed by atoms with Crippen molar-refractivity contribution in [1.29, 1.82) is 0 Å². The lowest BCUT2D eigenvalue weighted by atomic mass is 10.2. The van der Waals surface area contributed by atoms with Crippen molar-refractivity contribution in [2.75, 3.05) is 38.6 Å². The van der Waals surface area contributed by atoms with Gasteiger partial charge in [0.1, 0.15) is 19.0 Å². The molecular weight excluding hydrogens is 282 g/mol. The normalized spacial score (nSPS) is 18.9. The molecule has 1 aliphatic heterocycles. The van der Waals surface area contributed by atoms with Crippen molar-refractivity contribution in [3.05, 3.63) is 29.8 Å². The van der Waals surface area contributed by atoms with Gasteiger partial charge in [-0.3, -0.25) is 4.90 Å². The Kier molecular flexibility index (Phi) is 6.94. The smallest absolute Gasteiger partial charge is 0.119 e. The summed E-state index contributed by atoms with van der Waals surface area (Å²) in [5.74, 6) is 7.62. The van der Waals surface area contributed by atoms with E-state index in [2.05, 4.69) is 35.4 Å². The minimum atomic E-state index is -0.106. The zero-order chi connectivity index (χ0) is 14.9. The molecule has 4 heteroatoms. The first-order valence-electron chi connectivity index (χ1n) is 7.48. The highest BCUT2D eigenvalue weighted by Crippen LogP contribution is 2.20. The van der Waals surface area contributed by atoms with Crippen LogP contribution in [0.25, 0.3) is 0 Å². The minimum Gasteiger partial charge on any atom is -0.492 e. The predicted molar refractivity (Wildman–Crippen MR) is 88.9 cm³/mol. The lowest BCUT2D eigenvalue weighted by Crippen LogP contribution is -2.39. The van der Waals surface area contributed by atoms with Crippen molar-refractivity contribution in [3.63, 3.8) is 0 Å². The molecule has 1 N–H and O–H groups in total. The Balaban J connectivity index is 1.73. The predicted octanol–water partition coefficient (Wildman–Crippen LogP) is 2.24. The lowest BCUT2D eigenvalue weighted by molar-refractivity contribution is 0.212. The van der Waals surface area contributed by atoms with Crippen molar-refractivity contribution in [1.82, 2.24) is 4.90 Å². The molecular formula is C17H23NO2S. The highest BCUT2D eigenvalue weighted by atomic mass is 32.2. The summed E-state index contributed by atoms with van der Waals surface area (Å²) in [7, 11) is 0. The van der Waals surface area contributed by atoms with Crippen LogP contribution >= 0.6 is 11.8 Å². The van der Waals surface area contributed by atoms with E-state index in [1.165, 1.54) is 25.3 Å². The van der Waals surface area contributed by atoms with Crippen LogP contribution in [0.3, 0.4) is 0 Å². The van der Waals surface area contributed by atoms with Gasteiger partial charge in [-0.2, -0.15) is 11.8 Å². The van der Waals surface area contributed by atoms with Gasteiger partial charge < -0.3 is 9.84 Å². The number of ether oxygens (including phenoxy) is 1. The van der Waals surface area contributed by atoms with Crippen LogP contribution in [-0.4, -0.2) is 53.9 Å². The zero-order valence-electron chi connectivity index (χ0n) is 12.5. The number of rotatable bonds is 5. The molecule has 3 nitrogen and oxygen atoms in total. The molecule has 0 saturated carbocycles. The summed E-state index contributed by atoms with van der Waals surface area (Å²) in [6, 6.07) is 7.70. The van der Waals surface area contributed by atoms with Gasteiger partial charge in [-0.25, -0.2) is 0 Å². The number of hydrogen-bond acceptors (Lipinski definition) is 4. The maximum atomic E-state index is 8.65. The first-order valence-corrected chi connectivity index (χ1v) is 8.53. The molecule has 1 saturated heterocycles. The fourth-order valence-electron chi connectivity index (χ4n) is 2.30. The topological polar surface area (TPSA) is 32.7 Å². The van der Waals surface area contributed by atoms with Crippen molar-refractivity contribution < 1.29 is 9.84 Å². The summed E-state index contributed by atoms with van der Waals surface area (Å²) in [6.07, 6.45) is 1.25. The summed E-state index contributed by atoms with van der Waals surface area (Å²) in [4.78, 5) is 2.49. The molecule has 0 amide bonds. The Hall–Kier alpha value is -1.15. The van der Waals surface area contributed by atoms with E-state index in [0.29, 0.717) is 0 Å². The summed E-state index contributed by atoms with van der Waals surface area (Å²) >= 11 is 2.09. The Morgan fingerprint density at radius 2 is 2.19 bits per heavy atom. The van der Waals surface area contributed by atoms with E-state index in [0.717, 1.165) is 29.7 Å². The number of benzene rings is 1. The minimum absolute atomic E-state index is 0.106. The maximum Gasteiger partial charge on any atom is 0.119 e. The molecule has 0 aromatic heterocycles. The molecule has 1 heterocycles. The molecule has 21 heavy (non-hydrogen) atoms. The average molecular weight is 305 g/mol. The second-order valence-electron chi connectivity index (χ2n) is 5.03. The molecule has 0 bridgehead atoms. The molecule has 1 fully saturated rings. The second kappa shape index (κ2) is 8.99. The van der Waals surface area contributed by atoms with E-state index >= 15 is 0 Å². The van der Waals surface area contributed by atoms with Crippen LogP contribution in [0.4, 0.5) is 0 Å². The van der Waals surface area contributed by atoms with Crippen LogP contribution in [0, 0.1) is 11.8 Å². The maximum absolute atomic E-state index is 8.65. The van der Waals surface area contributed by atoms with Crippen molar-refractivity contribution in [2.24, 2.45) is 0 Å². The molecule has 2 rings (SSSR count). The summed E-state index contributed by atoms with van der Waals surface area (Å²) in [5.41, 5.74) is 0.898. The third-order valence-electron chi connectivity index (χ3n) is 3.52. The van der Waals surface area contributed by atoms with Gasteiger partial charge in [-0.05, 0) is 30.7 Å². The quantitative estimate of drug-likeness (QED) is 0.846. The summed E-state index contributed by atoms with van der Waals surface area (Å²) in [5, 5.41) is 9.43. The third kappa shape index (κ3) is 5.62. The fourth-order valence-corrected chi connectivity index (χ4v) is 3.55. The largest absolute Gasteiger partial charge is 0.492 e. The van der Waals surface area contributed by atoms with E-state index in [1.807, 2.05) is 24.3 Å². The van der Waals surface area contributed by atoms with E-state index in [4.69, 9.17) is 9.84 Å². The molecule has 1 aromatic carbocycles. The van der Waals surface area contributed by atoms with Crippen molar-refractivity contribution in [3.8, 4) is 17.6 Å². The van der Waals surface area contributed by atoms with E-state index in [9.17, 15) is 0 Å². The van der Waals surface area contributed by atoms with Gasteiger partial charge in [0.15, 0.2) is 0 Å². The molecule has 0 spiro atoms. The second-order valence-corrected chi connectivity index (χ2v) is 6.44. The number of aliphatic hydroxyl groups is 1. The van der Waals surface area contributed by atoms with Crippen LogP contribution in [0.2, 0.25) is 0 Å². The highest BCUT2D eigenvalue weighted by molar-refractivity contribution is 8.00. The monoisotopic (exact) mass is 305 g/mol. The van der Waals surface area contributed by atoms with Gasteiger partial charge in [0, 0.05) is 36.2 Å². The van der Waals surface area contributed by atoms with E-state index in [1.54, 1.807) is 0 Å². The van der Waals surface area contributed by atoms with Gasteiger partial charge in [0.05, 0.1) is 0 Å². The molecule has 1 aromatic rings. The standard InChI is InChI=1S/C17H23NO2S/c1-2-17-14-18(10-13-21-17)9-12-20-16-7-5-15(6-8-16)4-3-11-19/h5-8,17,19H,2,9-14H2,1H3. The first-order chi connectivity index (χ1) is 10.3. The number of nitrogens with zero attached hydrogens (tertiary/aromatic N) is 1. The van der Waals surface area contributed by atoms with E-state index in [-0.39, 0.29) is 6.61 Å². The molecule has 1 unspecified atom stereocenters. The van der Waals surface area contributed by atoms with Crippen LogP contribution < -0.4 is 4.74 Å². The SMILES string of the molecule is CCC1CN(CCOc2ccc(C#CCO)cc2)CCS1. The van der Waals surface area contributed by atoms with Crippen LogP contribution in [0.15, 0.2) is 24.3 Å². The summed E-state index contributed by atoms with van der Waals surface area (Å²) in [6.45, 7) is 6.22. The van der Waals surface area contributed by atoms with Gasteiger partial charge >= 0.3 is 0 Å².